The van der Waals surface area contributed by atoms with Crippen LogP contribution in [0.15, 0.2) is 558 Å². The molecule has 0 spiro atoms. The maximum Gasteiger partial charge on any atom is 0.0547 e. The molecule has 0 fully saturated rings. The molecule has 29 rings (SSSR count). The highest BCUT2D eigenvalue weighted by atomic mass is 15.0. The van der Waals surface area contributed by atoms with Crippen LogP contribution in [0.25, 0.3) is 254 Å². The smallest absolute Gasteiger partial charge is 0.0547 e. The molecule has 0 unspecified atom stereocenters. The molecule has 0 aliphatic rings. The third kappa shape index (κ3) is 14.8. The fraction of sp³-hybridized carbons (Fsp3) is 0. The van der Waals surface area contributed by atoms with Gasteiger partial charge in [-0.2, -0.15) is 0 Å². The van der Waals surface area contributed by atoms with Crippen molar-refractivity contribution in [3.05, 3.63) is 558 Å². The molecule has 674 valence electrons. The predicted octanol–water partition coefficient (Wildman–Crippen LogP) is 37.0. The van der Waals surface area contributed by atoms with Gasteiger partial charge in [-0.05, 0) is 271 Å². The van der Waals surface area contributed by atoms with E-state index in [0.29, 0.717) is 0 Å². The quantitative estimate of drug-likeness (QED) is 0.104. The van der Waals surface area contributed by atoms with Gasteiger partial charge in [-0.15, -0.1) is 0 Å². The van der Waals surface area contributed by atoms with Crippen LogP contribution >= 0.6 is 0 Å². The molecule has 6 nitrogen and oxygen atoms in total. The molecule has 6 heteroatoms. The van der Waals surface area contributed by atoms with Gasteiger partial charge in [-0.3, -0.25) is 0 Å². The zero-order valence-electron chi connectivity index (χ0n) is 78.8. The van der Waals surface area contributed by atoms with Crippen LogP contribution in [0.3, 0.4) is 0 Å². The second kappa shape index (κ2) is 35.7. The number of aromatic nitrogens is 6. The molecule has 0 amide bonds. The summed E-state index contributed by atoms with van der Waals surface area (Å²) < 4.78 is 14.4. The number of hydrogen-bond acceptors (Lipinski definition) is 0. The number of rotatable bonds is 14. The van der Waals surface area contributed by atoms with E-state index in [2.05, 4.69) is 586 Å². The van der Waals surface area contributed by atoms with Crippen LogP contribution in [0.4, 0.5) is 0 Å². The number of hydrogen-bond donors (Lipinski definition) is 0. The summed E-state index contributed by atoms with van der Waals surface area (Å²) in [6.07, 6.45) is 0. The van der Waals surface area contributed by atoms with Gasteiger partial charge in [-0.25, -0.2) is 0 Å². The highest BCUT2D eigenvalue weighted by Crippen LogP contribution is 2.46. The van der Waals surface area contributed by atoms with Gasteiger partial charge in [0.05, 0.1) is 66.2 Å². The minimum Gasteiger partial charge on any atom is -0.309 e. The van der Waals surface area contributed by atoms with Gasteiger partial charge < -0.3 is 27.4 Å². The minimum absolute atomic E-state index is 1.16. The Labute approximate surface area is 833 Å². The van der Waals surface area contributed by atoms with E-state index >= 15 is 0 Å². The summed E-state index contributed by atoms with van der Waals surface area (Å²) in [6.45, 7) is 0. The van der Waals surface area contributed by atoms with Gasteiger partial charge in [0.15, 0.2) is 0 Å². The summed E-state index contributed by atoms with van der Waals surface area (Å²) in [5.74, 6) is 0. The summed E-state index contributed by atoms with van der Waals surface area (Å²) in [6, 6.07) is 202. The van der Waals surface area contributed by atoms with Gasteiger partial charge in [0.25, 0.3) is 0 Å². The molecular formula is C138H92N6. The summed E-state index contributed by atoms with van der Waals surface area (Å²) in [5, 5.41) is 15.1. The molecule has 0 saturated heterocycles. The van der Waals surface area contributed by atoms with Crippen molar-refractivity contribution in [3.63, 3.8) is 0 Å². The normalized spacial score (nSPS) is 11.6. The molecule has 0 bridgehead atoms. The topological polar surface area (TPSA) is 29.6 Å². The third-order valence-corrected chi connectivity index (χ3v) is 29.2. The molecule has 29 aromatic rings. The standard InChI is InChI=1S/2C48H32N2.C42H28N2/c1-5-13-33(14-6-1)37-21-25-41-43-29-35(23-27-45(43)49(47(41)31-37)39-17-9-3-10-18-39)36-24-28-46-44(30-36)42-26-22-38(34-15-7-2-8-16-34)32-48(42)50(46)40-19-11-4-12-20-40;1-3-11-33(12-4-1)35-19-25-39(26-20-35)49-45-17-9-7-15-41(45)43-31-37(23-29-47(43)49)38-24-30-48-44(32-38)42-16-8-10-18-46(42)50(48)40-27-21-36(22-28-40)34-13-5-2-6-14-34;1-3-11-29(12-4-1)30-19-23-34(24-20-30)44-40-18-10-8-16-36(40)38-28-32(22-26-42(38)44)31-21-25-41-37(27-31)35-15-7-9-17-39(35)43(41)33-13-5-2-6-14-33/h2*1-32H;1-28H. The fourth-order valence-electron chi connectivity index (χ4n) is 22.3. The Morgan fingerprint density at radius 2 is 0.215 bits per heavy atom. The lowest BCUT2D eigenvalue weighted by Gasteiger charge is -2.11. The van der Waals surface area contributed by atoms with E-state index in [-0.39, 0.29) is 0 Å². The second-order valence-corrected chi connectivity index (χ2v) is 37.4. The van der Waals surface area contributed by atoms with Crippen molar-refractivity contribution < 1.29 is 0 Å². The van der Waals surface area contributed by atoms with Crippen LogP contribution in [0.5, 0.6) is 0 Å². The van der Waals surface area contributed by atoms with E-state index in [4.69, 9.17) is 0 Å². The van der Waals surface area contributed by atoms with Crippen molar-refractivity contribution in [1.82, 2.24) is 27.4 Å². The van der Waals surface area contributed by atoms with Crippen LogP contribution in [-0.4, -0.2) is 27.4 Å². The largest absolute Gasteiger partial charge is 0.309 e. The highest BCUT2D eigenvalue weighted by molar-refractivity contribution is 6.18. The van der Waals surface area contributed by atoms with Gasteiger partial charge in [0.1, 0.15) is 0 Å². The van der Waals surface area contributed by atoms with E-state index in [9.17, 15) is 0 Å². The molecule has 0 N–H and O–H groups in total. The number of nitrogens with zero attached hydrogens (tertiary/aromatic N) is 6. The lowest BCUT2D eigenvalue weighted by molar-refractivity contribution is 1.18. The van der Waals surface area contributed by atoms with E-state index in [1.807, 2.05) is 0 Å². The van der Waals surface area contributed by atoms with E-state index in [1.165, 1.54) is 231 Å². The predicted molar refractivity (Wildman–Crippen MR) is 609 cm³/mol. The molecule has 0 radical (unpaired) electrons. The fourth-order valence-corrected chi connectivity index (χ4v) is 22.3. The zero-order valence-corrected chi connectivity index (χ0v) is 78.8. The Morgan fingerprint density at radius 1 is 0.0764 bits per heavy atom. The Kier molecular flexibility index (Phi) is 20.9. The second-order valence-electron chi connectivity index (χ2n) is 37.4. The van der Waals surface area contributed by atoms with Gasteiger partial charge in [0.2, 0.25) is 0 Å². The first-order valence-electron chi connectivity index (χ1n) is 49.5. The maximum absolute atomic E-state index is 2.40. The van der Waals surface area contributed by atoms with Crippen molar-refractivity contribution >= 4 is 131 Å². The average Bonchev–Trinajstić information content (AvgIpc) is 1.58. The molecular weight excluding hydrogens is 1740 g/mol. The monoisotopic (exact) mass is 1830 g/mol. The molecule has 0 aliphatic heterocycles. The Balaban J connectivity index is 0.000000108. The number of benzene rings is 23. The maximum atomic E-state index is 2.40. The van der Waals surface area contributed by atoms with Crippen LogP contribution in [0.2, 0.25) is 0 Å². The summed E-state index contributed by atoms with van der Waals surface area (Å²) >= 11 is 0. The third-order valence-electron chi connectivity index (χ3n) is 29.2. The van der Waals surface area contributed by atoms with E-state index < -0.39 is 0 Å². The van der Waals surface area contributed by atoms with Gasteiger partial charge in [0, 0.05) is 98.8 Å². The molecule has 0 saturated carbocycles. The van der Waals surface area contributed by atoms with Crippen LogP contribution in [-0.2, 0) is 0 Å². The van der Waals surface area contributed by atoms with E-state index in [1.54, 1.807) is 0 Å². The SMILES string of the molecule is c1ccc(-c2ccc(-n3c4ccccc4c4cc(-c5ccc6c(c5)c5ccccc5n6-c5ccc(-c6ccccc6)cc5)ccc43)cc2)cc1.c1ccc(-c2ccc(-n3c4ccccc4c4cc(-c5ccc6c(c5)c5ccccc5n6-c5ccccc5)ccc43)cc2)cc1.c1ccc(-c2ccc3c4cc(-c5ccc6c(c5)c5ccc(-c7ccccc7)cc5n6-c5ccccc5)ccc4n(-c4ccccc4)c3c2)cc1. The molecule has 6 heterocycles. The zero-order chi connectivity index (χ0) is 95.1. The lowest BCUT2D eigenvalue weighted by Crippen LogP contribution is -1.94. The van der Waals surface area contributed by atoms with Gasteiger partial charge in [-0.1, -0.05) is 376 Å². The first kappa shape index (κ1) is 84.2. The van der Waals surface area contributed by atoms with Crippen molar-refractivity contribution in [2.24, 2.45) is 0 Å². The molecule has 0 atom stereocenters. The van der Waals surface area contributed by atoms with E-state index in [0.717, 1.165) is 22.7 Å². The van der Waals surface area contributed by atoms with Crippen LogP contribution in [0, 0.1) is 0 Å². The Morgan fingerprint density at radius 3 is 0.438 bits per heavy atom. The summed E-state index contributed by atoms with van der Waals surface area (Å²) in [5.41, 5.74) is 41.0. The molecule has 144 heavy (non-hydrogen) atoms. The number of para-hydroxylation sites is 7. The first-order chi connectivity index (χ1) is 71.4. The minimum atomic E-state index is 1.16. The Bertz CT molecular complexity index is 9530. The van der Waals surface area contributed by atoms with Crippen LogP contribution < -0.4 is 0 Å². The Hall–Kier alpha value is -19.1. The lowest BCUT2D eigenvalue weighted by atomic mass is 9.99. The van der Waals surface area contributed by atoms with Crippen molar-refractivity contribution in [3.8, 4) is 123 Å². The van der Waals surface area contributed by atoms with Gasteiger partial charge >= 0.3 is 0 Å². The molecule has 6 aromatic heterocycles. The van der Waals surface area contributed by atoms with Crippen molar-refractivity contribution in [2.45, 2.75) is 0 Å². The first-order valence-corrected chi connectivity index (χ1v) is 49.5. The summed E-state index contributed by atoms with van der Waals surface area (Å²) in [7, 11) is 0. The molecule has 23 aromatic carbocycles. The average molecular weight is 1830 g/mol. The highest BCUT2D eigenvalue weighted by Gasteiger charge is 2.24. The number of fused-ring (bicyclic) bond motifs is 18. The summed E-state index contributed by atoms with van der Waals surface area (Å²) in [4.78, 5) is 0. The molecule has 0 aliphatic carbocycles. The van der Waals surface area contributed by atoms with Crippen molar-refractivity contribution in [1.29, 1.82) is 0 Å². The van der Waals surface area contributed by atoms with Crippen molar-refractivity contribution in [2.75, 3.05) is 0 Å². The van der Waals surface area contributed by atoms with Crippen LogP contribution in [0.1, 0.15) is 0 Å².